The van der Waals surface area contributed by atoms with Crippen LogP contribution >= 0.6 is 30.5 Å². The fourth-order valence-corrected chi connectivity index (χ4v) is 3.35. The van der Waals surface area contributed by atoms with Crippen LogP contribution in [0.2, 0.25) is 0 Å². The summed E-state index contributed by atoms with van der Waals surface area (Å²) in [6, 6.07) is 0. The van der Waals surface area contributed by atoms with Gasteiger partial charge in [-0.2, -0.15) is 0 Å². The third kappa shape index (κ3) is 5.09. The van der Waals surface area contributed by atoms with Crippen LogP contribution in [0.25, 0.3) is 0 Å². The molecule has 0 aliphatic rings. The molecule has 2 rings (SSSR count). The van der Waals surface area contributed by atoms with Gasteiger partial charge in [-0.25, -0.2) is 4.57 Å². The average molecular weight is 382 g/mol. The van der Waals surface area contributed by atoms with Crippen molar-refractivity contribution in [3.63, 3.8) is 0 Å². The molecule has 0 amide bonds. The first kappa shape index (κ1) is 17.5. The fourth-order valence-electron chi connectivity index (χ4n) is 1.22. The van der Waals surface area contributed by atoms with Gasteiger partial charge in [-0.3, -0.25) is 9.05 Å². The van der Waals surface area contributed by atoms with Crippen LogP contribution in [0.1, 0.15) is 9.75 Å². The third-order valence-electron chi connectivity index (χ3n) is 2.14. The molecule has 0 atom stereocenters. The Morgan fingerprint density at radius 2 is 1.43 bits per heavy atom. The molecule has 0 spiro atoms. The predicted molar refractivity (Wildman–Crippen MR) is 76.9 cm³/mol. The number of rotatable bonds is 8. The van der Waals surface area contributed by atoms with E-state index >= 15 is 0 Å². The van der Waals surface area contributed by atoms with E-state index in [1.165, 1.54) is 0 Å². The van der Waals surface area contributed by atoms with E-state index in [2.05, 4.69) is 19.0 Å². The molecule has 0 fully saturated rings. The molecular weight excluding hydrogens is 375 g/mol. The SMILES string of the molecule is O=[N+]([O-])c1ncc(COP(=O)(O)OCc2cnc([N+](=O)[O-])s2)s1. The topological polar surface area (TPSA) is 168 Å². The van der Waals surface area contributed by atoms with Gasteiger partial charge >= 0.3 is 18.1 Å². The minimum absolute atomic E-state index is 0.267. The summed E-state index contributed by atoms with van der Waals surface area (Å²) in [4.78, 5) is 36.5. The lowest BCUT2D eigenvalue weighted by Gasteiger charge is -2.09. The molecule has 0 radical (unpaired) electrons. The van der Waals surface area contributed by atoms with Crippen molar-refractivity contribution in [3.8, 4) is 0 Å². The number of hydrogen-bond acceptors (Lipinski definition) is 11. The van der Waals surface area contributed by atoms with Gasteiger partial charge in [0.25, 0.3) is 0 Å². The highest BCUT2D eigenvalue weighted by Crippen LogP contribution is 2.45. The van der Waals surface area contributed by atoms with Crippen molar-refractivity contribution < 1.29 is 28.4 Å². The normalized spacial score (nSPS) is 11.5. The minimum atomic E-state index is -4.43. The van der Waals surface area contributed by atoms with Gasteiger partial charge in [0.15, 0.2) is 12.4 Å². The summed E-state index contributed by atoms with van der Waals surface area (Å²) in [5.74, 6) is 0. The highest BCUT2D eigenvalue weighted by molar-refractivity contribution is 7.47. The highest BCUT2D eigenvalue weighted by atomic mass is 32.1. The van der Waals surface area contributed by atoms with Crippen LogP contribution in [0.3, 0.4) is 0 Å². The molecule has 2 aromatic heterocycles. The van der Waals surface area contributed by atoms with E-state index in [9.17, 15) is 29.7 Å². The molecule has 12 nitrogen and oxygen atoms in total. The number of nitrogens with zero attached hydrogens (tertiary/aromatic N) is 4. The molecule has 1 N–H and O–H groups in total. The molecule has 0 saturated carbocycles. The summed E-state index contributed by atoms with van der Waals surface area (Å²) in [6.45, 7) is -0.801. The maximum absolute atomic E-state index is 11.7. The maximum atomic E-state index is 11.7. The quantitative estimate of drug-likeness (QED) is 0.406. The fraction of sp³-hybridized carbons (Fsp3) is 0.250. The Labute approximate surface area is 135 Å². The second-order valence-electron chi connectivity index (χ2n) is 3.75. The summed E-state index contributed by atoms with van der Waals surface area (Å²) in [6.07, 6.45) is 2.30. The molecule has 2 heterocycles. The maximum Gasteiger partial charge on any atom is 0.472 e. The number of phosphoric ester groups is 1. The summed E-state index contributed by atoms with van der Waals surface area (Å²) < 4.78 is 21.0. The van der Waals surface area contributed by atoms with Gasteiger partial charge < -0.3 is 25.1 Å². The van der Waals surface area contributed by atoms with Gasteiger partial charge in [0.2, 0.25) is 0 Å². The van der Waals surface area contributed by atoms with E-state index in [1.54, 1.807) is 0 Å². The van der Waals surface area contributed by atoms with Crippen molar-refractivity contribution in [2.24, 2.45) is 0 Å². The number of phosphoric acid groups is 1. The Balaban J connectivity index is 1.86. The highest BCUT2D eigenvalue weighted by Gasteiger charge is 2.24. The van der Waals surface area contributed by atoms with Gasteiger partial charge in [0.1, 0.15) is 0 Å². The molecule has 0 aliphatic carbocycles. The van der Waals surface area contributed by atoms with Crippen LogP contribution in [-0.4, -0.2) is 24.7 Å². The monoisotopic (exact) mass is 382 g/mol. The Morgan fingerprint density at radius 3 is 1.74 bits per heavy atom. The van der Waals surface area contributed by atoms with Crippen LogP contribution < -0.4 is 0 Å². The molecule has 15 heteroatoms. The van der Waals surface area contributed by atoms with Crippen molar-refractivity contribution in [2.75, 3.05) is 0 Å². The number of thiazole rings is 2. The largest absolute Gasteiger partial charge is 0.472 e. The molecular formula is C8H7N4O8PS2. The molecule has 0 saturated heterocycles. The molecule has 0 aromatic carbocycles. The van der Waals surface area contributed by atoms with Crippen LogP contribution in [0.15, 0.2) is 12.4 Å². The van der Waals surface area contributed by atoms with Crippen LogP contribution in [0.4, 0.5) is 10.3 Å². The molecule has 0 bridgehead atoms. The summed E-state index contributed by atoms with van der Waals surface area (Å²) >= 11 is 1.39. The molecule has 124 valence electrons. The lowest BCUT2D eigenvalue weighted by molar-refractivity contribution is -0.384. The standard InChI is InChI=1S/C8H7N4O8PS2/c13-11(14)7-9-1-5(22-7)3-19-21(17,18)20-4-6-2-10-8(23-6)12(15)16/h1-2H,3-4H2,(H,17,18). The third-order valence-corrected chi connectivity index (χ3v) is 4.89. The van der Waals surface area contributed by atoms with Crippen molar-refractivity contribution in [3.05, 3.63) is 42.4 Å². The molecule has 23 heavy (non-hydrogen) atoms. The van der Waals surface area contributed by atoms with Crippen molar-refractivity contribution in [1.82, 2.24) is 9.97 Å². The summed E-state index contributed by atoms with van der Waals surface area (Å²) in [7, 11) is -4.43. The zero-order valence-electron chi connectivity index (χ0n) is 10.9. The van der Waals surface area contributed by atoms with Gasteiger partial charge in [-0.15, -0.1) is 0 Å². The van der Waals surface area contributed by atoms with E-state index in [4.69, 9.17) is 0 Å². The zero-order valence-corrected chi connectivity index (χ0v) is 13.5. The first-order valence-corrected chi connectivity index (χ1v) is 8.70. The van der Waals surface area contributed by atoms with Gasteiger partial charge in [-0.1, -0.05) is 0 Å². The second-order valence-corrected chi connectivity index (χ2v) is 7.39. The Morgan fingerprint density at radius 1 is 1.04 bits per heavy atom. The van der Waals surface area contributed by atoms with Crippen LogP contribution in [-0.2, 0) is 26.8 Å². The van der Waals surface area contributed by atoms with Crippen molar-refractivity contribution in [2.45, 2.75) is 13.2 Å². The number of aromatic nitrogens is 2. The predicted octanol–water partition coefficient (Wildman–Crippen LogP) is 2.25. The first-order chi connectivity index (χ1) is 10.8. The lowest BCUT2D eigenvalue weighted by Crippen LogP contribution is -1.94. The minimum Gasteiger partial charge on any atom is -0.357 e. The number of nitro groups is 2. The van der Waals surface area contributed by atoms with Gasteiger partial charge in [0, 0.05) is 0 Å². The van der Waals surface area contributed by atoms with Crippen LogP contribution in [0.5, 0.6) is 0 Å². The Hall–Kier alpha value is -1.83. The van der Waals surface area contributed by atoms with Crippen molar-refractivity contribution >= 4 is 40.8 Å². The lowest BCUT2D eigenvalue weighted by atomic mass is 10.6. The van der Waals surface area contributed by atoms with E-state index < -0.39 is 30.9 Å². The average Bonchev–Trinajstić information content (AvgIpc) is 3.12. The first-order valence-electron chi connectivity index (χ1n) is 5.57. The molecule has 2 aromatic rings. The zero-order chi connectivity index (χ0) is 17.0. The summed E-state index contributed by atoms with van der Waals surface area (Å²) in [5, 5.41) is 20.2. The van der Waals surface area contributed by atoms with E-state index in [0.717, 1.165) is 12.4 Å². The Bertz CT molecular complexity index is 715. The van der Waals surface area contributed by atoms with Crippen LogP contribution in [0, 0.1) is 20.2 Å². The smallest absolute Gasteiger partial charge is 0.357 e. The second kappa shape index (κ2) is 7.16. The molecule has 0 aliphatic heterocycles. The van der Waals surface area contributed by atoms with Gasteiger partial charge in [-0.05, 0) is 42.5 Å². The molecule has 0 unspecified atom stereocenters. The van der Waals surface area contributed by atoms with E-state index in [0.29, 0.717) is 22.7 Å². The van der Waals surface area contributed by atoms with E-state index in [-0.39, 0.29) is 20.0 Å². The Kier molecular flexibility index (Phi) is 5.46. The van der Waals surface area contributed by atoms with Gasteiger partial charge in [0.05, 0.1) is 23.0 Å². The van der Waals surface area contributed by atoms with Crippen molar-refractivity contribution in [1.29, 1.82) is 0 Å². The van der Waals surface area contributed by atoms with E-state index in [1.807, 2.05) is 0 Å². The summed E-state index contributed by atoms with van der Waals surface area (Å²) in [5.41, 5.74) is 0. The number of hydrogen-bond donors (Lipinski definition) is 1.